The summed E-state index contributed by atoms with van der Waals surface area (Å²) in [5.74, 6) is -1.08. The van der Waals surface area contributed by atoms with Gasteiger partial charge in [0.05, 0.1) is 15.7 Å². The number of benzene rings is 1. The van der Waals surface area contributed by atoms with Crippen molar-refractivity contribution in [3.05, 3.63) is 47.4 Å². The second-order valence-corrected chi connectivity index (χ2v) is 8.64. The van der Waals surface area contributed by atoms with E-state index in [0.29, 0.717) is 12.1 Å². The van der Waals surface area contributed by atoms with E-state index in [-0.39, 0.29) is 25.3 Å². The molecule has 0 aliphatic carbocycles. The summed E-state index contributed by atoms with van der Waals surface area (Å²) in [6.07, 6.45) is -9.88. The largest absolute Gasteiger partial charge is 0.433 e. The third-order valence-electron chi connectivity index (χ3n) is 4.51. The zero-order valence-corrected chi connectivity index (χ0v) is 15.7. The Kier molecular flexibility index (Phi) is 5.40. The van der Waals surface area contributed by atoms with E-state index in [1.54, 1.807) is 0 Å². The van der Waals surface area contributed by atoms with Crippen LogP contribution in [0.15, 0.2) is 35.2 Å². The summed E-state index contributed by atoms with van der Waals surface area (Å²) in [5, 5.41) is 7.57. The topological polar surface area (TPSA) is 87.0 Å². The summed E-state index contributed by atoms with van der Waals surface area (Å²) in [4.78, 5) is 7.04. The first-order valence-electron chi connectivity index (χ1n) is 8.35. The zero-order chi connectivity index (χ0) is 22.3. The maximum absolute atomic E-state index is 13.2. The van der Waals surface area contributed by atoms with E-state index in [1.807, 2.05) is 0 Å². The Hall–Kier alpha value is -2.88. The van der Waals surface area contributed by atoms with Gasteiger partial charge in [0.2, 0.25) is 5.82 Å². The highest BCUT2D eigenvalue weighted by molar-refractivity contribution is 7.92. The van der Waals surface area contributed by atoms with Gasteiger partial charge in [-0.05, 0) is 18.6 Å². The highest BCUT2D eigenvalue weighted by Crippen LogP contribution is 2.37. The average Bonchev–Trinajstić information content (AvgIpc) is 3.17. The van der Waals surface area contributed by atoms with E-state index >= 15 is 0 Å². The fraction of sp³-hybridized carbons (Fsp3) is 0.353. The van der Waals surface area contributed by atoms with Gasteiger partial charge >= 0.3 is 12.4 Å². The van der Waals surface area contributed by atoms with Gasteiger partial charge in [-0.2, -0.15) is 31.6 Å². The molecule has 1 aliphatic heterocycles. The maximum Gasteiger partial charge on any atom is 0.433 e. The van der Waals surface area contributed by atoms with E-state index in [0.717, 1.165) is 18.2 Å². The van der Waals surface area contributed by atoms with Crippen LogP contribution in [0.3, 0.4) is 0 Å². The summed E-state index contributed by atoms with van der Waals surface area (Å²) in [5.41, 5.74) is -2.69. The van der Waals surface area contributed by atoms with Gasteiger partial charge in [-0.25, -0.2) is 18.4 Å². The molecule has 0 N–H and O–H groups in total. The minimum Gasteiger partial charge on any atom is -0.355 e. The van der Waals surface area contributed by atoms with Crippen molar-refractivity contribution in [1.29, 1.82) is 5.26 Å². The first-order valence-corrected chi connectivity index (χ1v) is 9.90. The number of rotatable bonds is 3. The molecule has 3 rings (SSSR count). The standard InChI is InChI=1S/C17H12F6N4O2S/c18-16(19,20)11-3-1-2-4-12(11)30(28,29)10-5-6-27(9-10)15-7-13(17(21,22)23)25-14(8-24)26-15/h1-4,7,10H,5-6,9H2/t10-/m0/s1. The lowest BCUT2D eigenvalue weighted by molar-refractivity contribution is -0.141. The molecule has 2 heterocycles. The summed E-state index contributed by atoms with van der Waals surface area (Å²) in [6.45, 7) is -0.453. The third kappa shape index (κ3) is 4.18. The SMILES string of the molecule is N#Cc1nc(N2CC[C@H](S(=O)(=O)c3ccccc3C(F)(F)F)C2)cc(C(F)(F)F)n1. The van der Waals surface area contributed by atoms with Gasteiger partial charge in [0.15, 0.2) is 15.5 Å². The van der Waals surface area contributed by atoms with Crippen molar-refractivity contribution in [2.24, 2.45) is 0 Å². The molecular formula is C17H12F6N4O2S. The van der Waals surface area contributed by atoms with Gasteiger partial charge < -0.3 is 4.90 Å². The Morgan fingerprint density at radius 2 is 1.73 bits per heavy atom. The minimum absolute atomic E-state index is 0.0722. The van der Waals surface area contributed by atoms with E-state index in [9.17, 15) is 34.8 Å². The number of sulfone groups is 1. The molecule has 0 radical (unpaired) electrons. The van der Waals surface area contributed by atoms with Crippen LogP contribution in [0.25, 0.3) is 0 Å². The van der Waals surface area contributed by atoms with Gasteiger partial charge in [0, 0.05) is 19.2 Å². The molecule has 0 spiro atoms. The Labute approximate surface area is 166 Å². The van der Waals surface area contributed by atoms with Crippen LogP contribution in [0, 0.1) is 11.3 Å². The zero-order valence-electron chi connectivity index (χ0n) is 14.9. The van der Waals surface area contributed by atoms with Crippen LogP contribution in [0.4, 0.5) is 32.2 Å². The van der Waals surface area contributed by atoms with Crippen LogP contribution < -0.4 is 4.90 Å². The van der Waals surface area contributed by atoms with Gasteiger partial charge in [-0.1, -0.05) is 12.1 Å². The second-order valence-electron chi connectivity index (χ2n) is 6.44. The lowest BCUT2D eigenvalue weighted by atomic mass is 10.2. The van der Waals surface area contributed by atoms with Crippen molar-refractivity contribution in [2.45, 2.75) is 28.9 Å². The quantitative estimate of drug-likeness (QED) is 0.666. The minimum atomic E-state index is -4.89. The number of hydrogen-bond donors (Lipinski definition) is 0. The first-order chi connectivity index (χ1) is 13.8. The van der Waals surface area contributed by atoms with Crippen molar-refractivity contribution in [3.63, 3.8) is 0 Å². The molecule has 2 aromatic rings. The van der Waals surface area contributed by atoms with Gasteiger partial charge in [-0.15, -0.1) is 0 Å². The average molecular weight is 450 g/mol. The van der Waals surface area contributed by atoms with Crippen LogP contribution in [-0.2, 0) is 22.2 Å². The Balaban J connectivity index is 1.94. The fourth-order valence-corrected chi connectivity index (χ4v) is 5.02. The van der Waals surface area contributed by atoms with Crippen molar-refractivity contribution in [2.75, 3.05) is 18.0 Å². The molecule has 1 atom stereocenters. The van der Waals surface area contributed by atoms with Crippen molar-refractivity contribution < 1.29 is 34.8 Å². The molecule has 1 fully saturated rings. The van der Waals surface area contributed by atoms with Crippen LogP contribution in [0.1, 0.15) is 23.5 Å². The number of alkyl halides is 6. The lowest BCUT2D eigenvalue weighted by Gasteiger charge is -2.20. The Morgan fingerprint density at radius 3 is 2.33 bits per heavy atom. The highest BCUT2D eigenvalue weighted by atomic mass is 32.2. The van der Waals surface area contributed by atoms with Crippen LogP contribution in [-0.4, -0.2) is 36.7 Å². The molecule has 0 saturated carbocycles. The van der Waals surface area contributed by atoms with Gasteiger partial charge in [0.25, 0.3) is 0 Å². The van der Waals surface area contributed by atoms with Gasteiger partial charge in [-0.3, -0.25) is 0 Å². The number of hydrogen-bond acceptors (Lipinski definition) is 6. The summed E-state index contributed by atoms with van der Waals surface area (Å²) >= 11 is 0. The molecule has 1 aromatic carbocycles. The highest BCUT2D eigenvalue weighted by Gasteiger charge is 2.42. The molecule has 0 amide bonds. The number of nitriles is 1. The molecule has 0 unspecified atom stereocenters. The molecule has 6 nitrogen and oxygen atoms in total. The predicted molar refractivity (Wildman–Crippen MR) is 91.0 cm³/mol. The van der Waals surface area contributed by atoms with Crippen molar-refractivity contribution in [3.8, 4) is 6.07 Å². The van der Waals surface area contributed by atoms with E-state index in [2.05, 4.69) is 9.97 Å². The van der Waals surface area contributed by atoms with Crippen molar-refractivity contribution in [1.82, 2.24) is 9.97 Å². The first kappa shape index (κ1) is 21.8. The monoisotopic (exact) mass is 450 g/mol. The van der Waals surface area contributed by atoms with Crippen LogP contribution in [0.5, 0.6) is 0 Å². The third-order valence-corrected chi connectivity index (χ3v) is 6.74. The molecule has 160 valence electrons. The number of anilines is 1. The normalized spacial score (nSPS) is 17.8. The van der Waals surface area contributed by atoms with Crippen LogP contribution >= 0.6 is 0 Å². The van der Waals surface area contributed by atoms with E-state index < -0.39 is 49.4 Å². The number of aromatic nitrogens is 2. The molecular weight excluding hydrogens is 438 g/mol. The predicted octanol–water partition coefficient (Wildman–Crippen LogP) is 3.44. The maximum atomic E-state index is 13.2. The molecule has 1 saturated heterocycles. The molecule has 0 bridgehead atoms. The summed E-state index contributed by atoms with van der Waals surface area (Å²) in [7, 11) is -4.44. The molecule has 13 heteroatoms. The Morgan fingerprint density at radius 1 is 1.07 bits per heavy atom. The second kappa shape index (κ2) is 7.42. The molecule has 1 aliphatic rings. The molecule has 30 heavy (non-hydrogen) atoms. The van der Waals surface area contributed by atoms with Crippen LogP contribution in [0.2, 0.25) is 0 Å². The lowest BCUT2D eigenvalue weighted by Crippen LogP contribution is -2.29. The number of nitrogens with zero attached hydrogens (tertiary/aromatic N) is 4. The Bertz CT molecular complexity index is 1110. The number of halogens is 6. The summed E-state index contributed by atoms with van der Waals surface area (Å²) in [6, 6.07) is 5.69. The van der Waals surface area contributed by atoms with Crippen molar-refractivity contribution >= 4 is 15.7 Å². The molecule has 1 aromatic heterocycles. The fourth-order valence-electron chi connectivity index (χ4n) is 3.11. The smallest absolute Gasteiger partial charge is 0.355 e. The van der Waals surface area contributed by atoms with Gasteiger partial charge in [0.1, 0.15) is 11.9 Å². The summed E-state index contributed by atoms with van der Waals surface area (Å²) < 4.78 is 104. The van der Waals surface area contributed by atoms with E-state index in [4.69, 9.17) is 5.26 Å². The van der Waals surface area contributed by atoms with E-state index in [1.165, 1.54) is 11.0 Å².